The van der Waals surface area contributed by atoms with Crippen molar-refractivity contribution in [1.29, 1.82) is 0 Å². The molecular formula is C14H17N3OS. The van der Waals surface area contributed by atoms with Gasteiger partial charge in [-0.3, -0.25) is 19.5 Å². The van der Waals surface area contributed by atoms with Crippen molar-refractivity contribution in [2.45, 2.75) is 31.2 Å². The lowest BCUT2D eigenvalue weighted by atomic mass is 10.1. The van der Waals surface area contributed by atoms with E-state index in [-0.39, 0.29) is 4.87 Å². The summed E-state index contributed by atoms with van der Waals surface area (Å²) in [5.41, 5.74) is 3.02. The van der Waals surface area contributed by atoms with E-state index in [1.54, 1.807) is 12.5 Å². The van der Waals surface area contributed by atoms with Crippen LogP contribution < -0.4 is 5.32 Å². The van der Waals surface area contributed by atoms with Gasteiger partial charge in [0.05, 0.1) is 16.1 Å². The van der Waals surface area contributed by atoms with Crippen LogP contribution in [0.1, 0.15) is 24.1 Å². The molecule has 2 aromatic heterocycles. The van der Waals surface area contributed by atoms with E-state index in [4.69, 9.17) is 0 Å². The number of hydrogen-bond donors (Lipinski definition) is 1. The highest BCUT2D eigenvalue weighted by Crippen LogP contribution is 2.38. The minimum Gasteiger partial charge on any atom is -0.297 e. The van der Waals surface area contributed by atoms with E-state index in [9.17, 15) is 4.21 Å². The lowest BCUT2D eigenvalue weighted by molar-refractivity contribution is 0.607. The molecule has 0 aliphatic heterocycles. The average molecular weight is 275 g/mol. The van der Waals surface area contributed by atoms with Crippen molar-refractivity contribution < 1.29 is 4.21 Å². The molecule has 1 aliphatic carbocycles. The van der Waals surface area contributed by atoms with E-state index in [1.165, 1.54) is 0 Å². The van der Waals surface area contributed by atoms with Gasteiger partial charge in [-0.25, -0.2) is 0 Å². The molecule has 0 saturated heterocycles. The number of aromatic nitrogens is 2. The summed E-state index contributed by atoms with van der Waals surface area (Å²) in [6.07, 6.45) is 7.45. The molecule has 1 atom stereocenters. The molecule has 2 heterocycles. The van der Waals surface area contributed by atoms with Crippen LogP contribution >= 0.6 is 0 Å². The largest absolute Gasteiger partial charge is 0.297 e. The lowest BCUT2D eigenvalue weighted by Gasteiger charge is -2.14. The Morgan fingerprint density at radius 3 is 2.89 bits per heavy atom. The first kappa shape index (κ1) is 12.7. The fraction of sp³-hybridized carbons (Fsp3) is 0.429. The molecule has 1 aliphatic rings. The predicted octanol–water partition coefficient (Wildman–Crippen LogP) is 1.90. The van der Waals surface area contributed by atoms with Gasteiger partial charge in [-0.2, -0.15) is 0 Å². The van der Waals surface area contributed by atoms with E-state index in [1.807, 2.05) is 19.2 Å². The highest BCUT2D eigenvalue weighted by atomic mass is 32.2. The zero-order valence-corrected chi connectivity index (χ0v) is 12.0. The maximum Gasteiger partial charge on any atom is 0.0947 e. The van der Waals surface area contributed by atoms with Gasteiger partial charge in [-0.15, -0.1) is 0 Å². The van der Waals surface area contributed by atoms with Crippen LogP contribution in [0.2, 0.25) is 0 Å². The first-order chi connectivity index (χ1) is 9.11. The summed E-state index contributed by atoms with van der Waals surface area (Å²) in [6.45, 7) is 2.68. The van der Waals surface area contributed by atoms with Crippen molar-refractivity contribution in [3.8, 4) is 0 Å². The van der Waals surface area contributed by atoms with Gasteiger partial charge >= 0.3 is 0 Å². The van der Waals surface area contributed by atoms with E-state index < -0.39 is 10.8 Å². The number of nitrogens with zero attached hydrogens (tertiary/aromatic N) is 2. The molecule has 2 aromatic rings. The van der Waals surface area contributed by atoms with Gasteiger partial charge in [-0.05, 0) is 37.5 Å². The number of pyridine rings is 2. The Morgan fingerprint density at radius 2 is 2.21 bits per heavy atom. The quantitative estimate of drug-likeness (QED) is 0.926. The van der Waals surface area contributed by atoms with Crippen LogP contribution in [0.4, 0.5) is 0 Å². The van der Waals surface area contributed by atoms with Gasteiger partial charge in [0, 0.05) is 41.4 Å². The van der Waals surface area contributed by atoms with Crippen molar-refractivity contribution in [2.24, 2.45) is 0 Å². The van der Waals surface area contributed by atoms with Crippen molar-refractivity contribution >= 4 is 21.7 Å². The van der Waals surface area contributed by atoms with Gasteiger partial charge in [0.2, 0.25) is 0 Å². The third kappa shape index (κ3) is 2.40. The summed E-state index contributed by atoms with van der Waals surface area (Å²) < 4.78 is 11.6. The highest BCUT2D eigenvalue weighted by Gasteiger charge is 2.46. The number of rotatable bonds is 4. The molecule has 4 nitrogen and oxygen atoms in total. The van der Waals surface area contributed by atoms with E-state index in [2.05, 4.69) is 21.4 Å². The summed E-state index contributed by atoms with van der Waals surface area (Å²) in [7, 11) is -0.811. The molecule has 0 radical (unpaired) electrons. The van der Waals surface area contributed by atoms with Crippen molar-refractivity contribution in [2.75, 3.05) is 6.26 Å². The molecule has 19 heavy (non-hydrogen) atoms. The van der Waals surface area contributed by atoms with Crippen LogP contribution in [0.15, 0.2) is 24.5 Å². The van der Waals surface area contributed by atoms with E-state index >= 15 is 0 Å². The number of hydrogen-bond acceptors (Lipinski definition) is 4. The number of fused-ring (bicyclic) bond motifs is 1. The molecule has 1 fully saturated rings. The zero-order chi connectivity index (χ0) is 13.5. The second-order valence-electron chi connectivity index (χ2n) is 5.11. The van der Waals surface area contributed by atoms with Crippen molar-refractivity contribution in [3.05, 3.63) is 35.8 Å². The summed E-state index contributed by atoms with van der Waals surface area (Å²) in [5.74, 6) is 0. The normalized spacial score (nSPS) is 18.4. The predicted molar refractivity (Wildman–Crippen MR) is 77.1 cm³/mol. The van der Waals surface area contributed by atoms with Crippen LogP contribution in [0.5, 0.6) is 0 Å². The Balaban J connectivity index is 1.81. The van der Waals surface area contributed by atoms with Gasteiger partial charge in [0.15, 0.2) is 0 Å². The summed E-state index contributed by atoms with van der Waals surface area (Å²) >= 11 is 0. The second kappa shape index (κ2) is 4.65. The fourth-order valence-electron chi connectivity index (χ4n) is 2.29. The third-order valence-electron chi connectivity index (χ3n) is 3.71. The molecule has 0 amide bonds. The highest BCUT2D eigenvalue weighted by molar-refractivity contribution is 7.86. The van der Waals surface area contributed by atoms with Crippen LogP contribution in [-0.4, -0.2) is 25.3 Å². The summed E-state index contributed by atoms with van der Waals surface area (Å²) in [6, 6.07) is 4.10. The van der Waals surface area contributed by atoms with Crippen molar-refractivity contribution in [1.82, 2.24) is 15.3 Å². The molecule has 1 saturated carbocycles. The van der Waals surface area contributed by atoms with Gasteiger partial charge in [0.25, 0.3) is 0 Å². The molecule has 0 aromatic carbocycles. The summed E-state index contributed by atoms with van der Waals surface area (Å²) in [4.78, 5) is 8.56. The Hall–Kier alpha value is -1.33. The maximum atomic E-state index is 11.6. The van der Waals surface area contributed by atoms with Crippen LogP contribution in [0.25, 0.3) is 10.9 Å². The van der Waals surface area contributed by atoms with Gasteiger partial charge in [-0.1, -0.05) is 0 Å². The lowest BCUT2D eigenvalue weighted by Crippen LogP contribution is -2.34. The Kier molecular flexibility index (Phi) is 3.11. The van der Waals surface area contributed by atoms with Gasteiger partial charge in [0.1, 0.15) is 0 Å². The molecule has 1 N–H and O–H groups in total. The van der Waals surface area contributed by atoms with Crippen molar-refractivity contribution in [3.63, 3.8) is 0 Å². The monoisotopic (exact) mass is 275 g/mol. The molecule has 0 unspecified atom stereocenters. The first-order valence-electron chi connectivity index (χ1n) is 6.39. The van der Waals surface area contributed by atoms with E-state index in [0.29, 0.717) is 6.54 Å². The van der Waals surface area contributed by atoms with Crippen LogP contribution in [0.3, 0.4) is 0 Å². The molecule has 0 bridgehead atoms. The smallest absolute Gasteiger partial charge is 0.0947 e. The maximum absolute atomic E-state index is 11.6. The molecule has 5 heteroatoms. The topological polar surface area (TPSA) is 54.9 Å². The molecule has 0 spiro atoms. The number of nitrogens with one attached hydrogen (secondary N) is 1. The van der Waals surface area contributed by atoms with E-state index in [0.717, 1.165) is 35.0 Å². The fourth-order valence-corrected chi connectivity index (χ4v) is 3.24. The van der Waals surface area contributed by atoms with Crippen LogP contribution in [0, 0.1) is 6.92 Å². The first-order valence-corrected chi connectivity index (χ1v) is 7.95. The Bertz CT molecular complexity index is 652. The number of aryl methyl sites for hydroxylation is 1. The molecule has 3 rings (SSSR count). The Labute approximate surface area is 115 Å². The minimum atomic E-state index is -0.811. The van der Waals surface area contributed by atoms with Gasteiger partial charge < -0.3 is 0 Å². The molecular weight excluding hydrogens is 258 g/mol. The standard InChI is InChI=1S/C14H17N3OS/c1-10-13-12(3-6-15-10)7-11(8-16-13)9-17-14(4-5-14)19(2)18/h3,6-8,17H,4-5,9H2,1-2H3/t19-/m0/s1. The Morgan fingerprint density at radius 1 is 1.42 bits per heavy atom. The zero-order valence-electron chi connectivity index (χ0n) is 11.1. The summed E-state index contributed by atoms with van der Waals surface area (Å²) in [5, 5.41) is 4.52. The third-order valence-corrected chi connectivity index (χ3v) is 5.36. The SMILES string of the molecule is Cc1nccc2cc(CNC3([S@](C)=O)CC3)cnc12. The van der Waals surface area contributed by atoms with Crippen LogP contribution in [-0.2, 0) is 17.3 Å². The average Bonchev–Trinajstić information content (AvgIpc) is 3.18. The minimum absolute atomic E-state index is 0.150. The second-order valence-corrected chi connectivity index (χ2v) is 6.80. The molecule has 100 valence electrons.